The summed E-state index contributed by atoms with van der Waals surface area (Å²) in [7, 11) is 0. The Bertz CT molecular complexity index is 2800. The van der Waals surface area contributed by atoms with Gasteiger partial charge in [-0.3, -0.25) is 4.57 Å². The Morgan fingerprint density at radius 3 is 1.72 bits per heavy atom. The molecule has 0 bridgehead atoms. The van der Waals surface area contributed by atoms with Gasteiger partial charge < -0.3 is 0 Å². The second kappa shape index (κ2) is 11.6. The van der Waals surface area contributed by atoms with Gasteiger partial charge in [-0.25, -0.2) is 4.98 Å². The highest BCUT2D eigenvalue weighted by Gasteiger charge is 2.20. The molecule has 0 saturated carbocycles. The maximum atomic E-state index is 5.18. The lowest BCUT2D eigenvalue weighted by Crippen LogP contribution is -2.06. The van der Waals surface area contributed by atoms with Crippen LogP contribution in [0.2, 0.25) is 0 Å². The van der Waals surface area contributed by atoms with Crippen LogP contribution >= 0.6 is 11.3 Å². The van der Waals surface area contributed by atoms with Crippen molar-refractivity contribution in [2.24, 2.45) is 0 Å². The van der Waals surface area contributed by atoms with E-state index in [1.54, 1.807) is 0 Å². The molecule has 10 rings (SSSR count). The van der Waals surface area contributed by atoms with E-state index in [-0.39, 0.29) is 0 Å². The Morgan fingerprint density at radius 1 is 0.380 bits per heavy atom. The number of hydrogen-bond donors (Lipinski definition) is 0. The maximum absolute atomic E-state index is 5.18. The zero-order valence-electron chi connectivity index (χ0n) is 26.9. The van der Waals surface area contributed by atoms with E-state index in [1.807, 2.05) is 47.7 Å². The van der Waals surface area contributed by atoms with Crippen LogP contribution < -0.4 is 0 Å². The first kappa shape index (κ1) is 28.6. The molecule has 0 saturated heterocycles. The van der Waals surface area contributed by atoms with Gasteiger partial charge in [-0.2, -0.15) is 9.97 Å². The van der Waals surface area contributed by atoms with Gasteiger partial charge in [0.25, 0.3) is 0 Å². The highest BCUT2D eigenvalue weighted by molar-refractivity contribution is 7.26. The summed E-state index contributed by atoms with van der Waals surface area (Å²) in [5.74, 6) is 1.86. The van der Waals surface area contributed by atoms with Gasteiger partial charge in [0.2, 0.25) is 5.95 Å². The van der Waals surface area contributed by atoms with Crippen LogP contribution in [0.5, 0.6) is 0 Å². The van der Waals surface area contributed by atoms with Crippen LogP contribution in [0.25, 0.3) is 93.0 Å². The molecule has 0 radical (unpaired) electrons. The van der Waals surface area contributed by atoms with Crippen molar-refractivity contribution < 1.29 is 0 Å². The van der Waals surface area contributed by atoms with Crippen LogP contribution in [0, 0.1) is 0 Å². The number of rotatable bonds is 5. The van der Waals surface area contributed by atoms with E-state index in [0.29, 0.717) is 17.6 Å². The van der Waals surface area contributed by atoms with Crippen molar-refractivity contribution in [2.45, 2.75) is 0 Å². The third-order valence-corrected chi connectivity index (χ3v) is 10.7. The lowest BCUT2D eigenvalue weighted by molar-refractivity contribution is 0.953. The minimum Gasteiger partial charge on any atom is -0.278 e. The molecule has 10 aromatic rings. The van der Waals surface area contributed by atoms with Crippen LogP contribution in [0.15, 0.2) is 170 Å². The van der Waals surface area contributed by atoms with Crippen molar-refractivity contribution in [2.75, 3.05) is 0 Å². The molecule has 0 atom stereocenters. The quantitative estimate of drug-likeness (QED) is 0.185. The summed E-state index contributed by atoms with van der Waals surface area (Å²) in [6.07, 6.45) is 0. The Balaban J connectivity index is 1.27. The summed E-state index contributed by atoms with van der Waals surface area (Å²) in [5, 5.41) is 4.88. The molecular weight excluding hydrogens is 629 g/mol. The molecular formula is C45H28N4S. The fraction of sp³-hybridized carbons (Fsp3) is 0. The molecule has 3 heterocycles. The fourth-order valence-electron chi connectivity index (χ4n) is 7.09. The Labute approximate surface area is 292 Å². The van der Waals surface area contributed by atoms with E-state index in [9.17, 15) is 0 Å². The highest BCUT2D eigenvalue weighted by Crippen LogP contribution is 2.42. The van der Waals surface area contributed by atoms with Crippen LogP contribution in [-0.2, 0) is 0 Å². The standard InChI is InChI=1S/C45H28N4S/c1-4-13-29(14-5-1)32-24-26-39-38(27-32)35-25-23-33(34-20-12-21-37-36-19-10-11-22-41(36)50-42(34)37)28-40(35)49(39)45-47-43(30-15-6-2-7-16-30)46-44(48-45)31-17-8-3-9-18-31/h1-28H. The van der Waals surface area contributed by atoms with Crippen LogP contribution in [0.1, 0.15) is 0 Å². The molecule has 7 aromatic carbocycles. The molecule has 50 heavy (non-hydrogen) atoms. The largest absolute Gasteiger partial charge is 0.278 e. The van der Waals surface area contributed by atoms with Crippen molar-refractivity contribution in [3.8, 4) is 51.0 Å². The SMILES string of the molecule is c1ccc(-c2ccc3c(c2)c2ccc(-c4cccc5c4sc4ccccc45)cc2n3-c2nc(-c3ccccc3)nc(-c3ccccc3)n2)cc1. The second-order valence-electron chi connectivity index (χ2n) is 12.5. The summed E-state index contributed by atoms with van der Waals surface area (Å²) in [4.78, 5) is 15.3. The summed E-state index contributed by atoms with van der Waals surface area (Å²) >= 11 is 1.85. The zero-order valence-corrected chi connectivity index (χ0v) is 27.7. The third-order valence-electron chi connectivity index (χ3n) is 9.48. The predicted molar refractivity (Wildman–Crippen MR) is 209 cm³/mol. The van der Waals surface area contributed by atoms with E-state index in [4.69, 9.17) is 15.0 Å². The fourth-order valence-corrected chi connectivity index (χ4v) is 8.32. The Kier molecular flexibility index (Phi) is 6.64. The van der Waals surface area contributed by atoms with Crippen LogP contribution in [-0.4, -0.2) is 19.5 Å². The van der Waals surface area contributed by atoms with Crippen LogP contribution in [0.3, 0.4) is 0 Å². The number of hydrogen-bond acceptors (Lipinski definition) is 4. The lowest BCUT2D eigenvalue weighted by atomic mass is 10.00. The molecule has 5 heteroatoms. The molecule has 0 spiro atoms. The molecule has 0 unspecified atom stereocenters. The van der Waals surface area contributed by atoms with E-state index in [0.717, 1.165) is 38.5 Å². The van der Waals surface area contributed by atoms with Gasteiger partial charge in [0.05, 0.1) is 11.0 Å². The maximum Gasteiger partial charge on any atom is 0.238 e. The predicted octanol–water partition coefficient (Wildman–Crippen LogP) is 12.0. The molecule has 0 amide bonds. The van der Waals surface area contributed by atoms with Gasteiger partial charge in [-0.05, 0) is 46.5 Å². The monoisotopic (exact) mass is 656 g/mol. The number of thiophene rings is 1. The van der Waals surface area contributed by atoms with Crippen LogP contribution in [0.4, 0.5) is 0 Å². The first-order valence-electron chi connectivity index (χ1n) is 16.7. The topological polar surface area (TPSA) is 43.6 Å². The van der Waals surface area contributed by atoms with Crippen molar-refractivity contribution in [1.29, 1.82) is 0 Å². The number of aromatic nitrogens is 4. The average molecular weight is 657 g/mol. The van der Waals surface area contributed by atoms with Gasteiger partial charge >= 0.3 is 0 Å². The highest BCUT2D eigenvalue weighted by atomic mass is 32.1. The van der Waals surface area contributed by atoms with E-state index < -0.39 is 0 Å². The molecule has 0 aliphatic carbocycles. The summed E-state index contributed by atoms with van der Waals surface area (Å²) in [5.41, 5.74) is 8.70. The minimum atomic E-state index is 0.586. The first-order chi connectivity index (χ1) is 24.8. The minimum absolute atomic E-state index is 0.586. The summed E-state index contributed by atoms with van der Waals surface area (Å²) in [6, 6.07) is 59.7. The summed E-state index contributed by atoms with van der Waals surface area (Å²) < 4.78 is 4.81. The van der Waals surface area contributed by atoms with Gasteiger partial charge in [-0.1, -0.05) is 146 Å². The van der Waals surface area contributed by atoms with Gasteiger partial charge in [0.15, 0.2) is 11.6 Å². The zero-order chi connectivity index (χ0) is 33.0. The molecule has 234 valence electrons. The van der Waals surface area contributed by atoms with E-state index in [1.165, 1.54) is 36.9 Å². The number of nitrogens with zero attached hydrogens (tertiary/aromatic N) is 4. The number of benzene rings is 7. The van der Waals surface area contributed by atoms with Crippen molar-refractivity contribution in [3.63, 3.8) is 0 Å². The van der Waals surface area contributed by atoms with Crippen molar-refractivity contribution in [1.82, 2.24) is 19.5 Å². The van der Waals surface area contributed by atoms with Gasteiger partial charge in [-0.15, -0.1) is 11.3 Å². The second-order valence-corrected chi connectivity index (χ2v) is 13.5. The normalized spacial score (nSPS) is 11.6. The summed E-state index contributed by atoms with van der Waals surface area (Å²) in [6.45, 7) is 0. The molecule has 0 aliphatic heterocycles. The Hall–Kier alpha value is -6.43. The van der Waals surface area contributed by atoms with Gasteiger partial charge in [0, 0.05) is 42.1 Å². The van der Waals surface area contributed by atoms with Gasteiger partial charge in [0.1, 0.15) is 0 Å². The Morgan fingerprint density at radius 2 is 1.00 bits per heavy atom. The molecule has 0 aliphatic rings. The molecule has 0 N–H and O–H groups in total. The van der Waals surface area contributed by atoms with Crippen molar-refractivity contribution >= 4 is 53.3 Å². The first-order valence-corrected chi connectivity index (χ1v) is 17.5. The smallest absolute Gasteiger partial charge is 0.238 e. The van der Waals surface area contributed by atoms with E-state index in [2.05, 4.69) is 138 Å². The average Bonchev–Trinajstić information content (AvgIpc) is 3.74. The molecule has 0 fully saturated rings. The molecule has 4 nitrogen and oxygen atoms in total. The van der Waals surface area contributed by atoms with Crippen molar-refractivity contribution in [3.05, 3.63) is 170 Å². The number of fused-ring (bicyclic) bond motifs is 6. The third kappa shape index (κ3) is 4.71. The molecule has 3 aromatic heterocycles. The van der Waals surface area contributed by atoms with E-state index >= 15 is 0 Å². The lowest BCUT2D eigenvalue weighted by Gasteiger charge is -2.12.